The average Bonchev–Trinajstić information content (AvgIpc) is 3.02. The van der Waals surface area contributed by atoms with Gasteiger partial charge in [0.25, 0.3) is 5.91 Å². The number of rotatable bonds is 5. The van der Waals surface area contributed by atoms with Crippen LogP contribution in [0.3, 0.4) is 0 Å². The zero-order valence-corrected chi connectivity index (χ0v) is 16.9. The topological polar surface area (TPSA) is 101 Å². The van der Waals surface area contributed by atoms with Gasteiger partial charge < -0.3 is 5.32 Å². The largest absolute Gasteiger partial charge is 0.341 e. The van der Waals surface area contributed by atoms with E-state index in [9.17, 15) is 30.4 Å². The maximum Gasteiger partial charge on any atom is 0.341 e. The number of nitrogens with one attached hydrogen (secondary N) is 1. The molecule has 0 aromatic heterocycles. The summed E-state index contributed by atoms with van der Waals surface area (Å²) in [5.41, 5.74) is 0.773. The highest BCUT2D eigenvalue weighted by Gasteiger charge is 2.31. The number of anilines is 2. The molecule has 0 bridgehead atoms. The second kappa shape index (κ2) is 7.71. The number of hydrogen-bond donors (Lipinski definition) is 1. The fraction of sp³-hybridized carbons (Fsp3) is 0.278. The van der Waals surface area contributed by atoms with E-state index in [0.29, 0.717) is 24.2 Å². The number of aryl methyl sites for hydroxylation is 1. The molecule has 2 aromatic carbocycles. The highest BCUT2D eigenvalue weighted by Crippen LogP contribution is 2.29. The molecule has 0 radical (unpaired) electrons. The van der Waals surface area contributed by atoms with Crippen LogP contribution in [0, 0.1) is 6.92 Å². The molecule has 1 aliphatic heterocycles. The third-order valence-corrected chi connectivity index (χ3v) is 7.84. The van der Waals surface area contributed by atoms with Crippen molar-refractivity contribution < 1.29 is 30.4 Å². The van der Waals surface area contributed by atoms with Crippen LogP contribution < -0.4 is 9.62 Å². The van der Waals surface area contributed by atoms with Gasteiger partial charge in [-0.05, 0) is 43.2 Å². The van der Waals surface area contributed by atoms with Crippen LogP contribution in [0.15, 0.2) is 47.4 Å². The van der Waals surface area contributed by atoms with Crippen LogP contribution in [-0.2, 0) is 19.9 Å². The monoisotopic (exact) mass is 444 g/mol. The van der Waals surface area contributed by atoms with Crippen molar-refractivity contribution in [2.75, 3.05) is 21.9 Å². The summed E-state index contributed by atoms with van der Waals surface area (Å²) in [5, 5.41) is 2.50. The van der Waals surface area contributed by atoms with E-state index in [1.807, 2.05) is 0 Å². The van der Waals surface area contributed by atoms with Gasteiger partial charge in [0, 0.05) is 12.2 Å². The van der Waals surface area contributed by atoms with Gasteiger partial charge in [-0.25, -0.2) is 16.8 Å². The van der Waals surface area contributed by atoms with Crippen molar-refractivity contribution in [1.29, 1.82) is 0 Å². The molecule has 1 aliphatic rings. The number of benzene rings is 2. The van der Waals surface area contributed by atoms with Gasteiger partial charge in [0.2, 0.25) is 19.9 Å². The molecule has 1 fully saturated rings. The summed E-state index contributed by atoms with van der Waals surface area (Å²) in [6, 6.07) is 9.35. The van der Waals surface area contributed by atoms with Crippen LogP contribution in [-0.4, -0.2) is 40.8 Å². The zero-order chi connectivity index (χ0) is 21.4. The standard InChI is InChI=1S/C18H18F2N2O5S2/c1-12-7-8-13(22-9-4-10-28(22,24)25)11-15(12)21-17(23)14-5-2-3-6-16(14)29(26,27)18(19)20/h2-3,5-8,11,18H,4,9-10H2,1H3,(H,21,23). The number of carbonyl (C=O) groups excluding carboxylic acids is 1. The predicted molar refractivity (Wildman–Crippen MR) is 105 cm³/mol. The second-order valence-corrected chi connectivity index (χ2v) is 10.4. The Balaban J connectivity index is 1.96. The minimum Gasteiger partial charge on any atom is -0.322 e. The van der Waals surface area contributed by atoms with Gasteiger partial charge >= 0.3 is 5.76 Å². The molecule has 11 heteroatoms. The molecular weight excluding hydrogens is 426 g/mol. The molecule has 7 nitrogen and oxygen atoms in total. The van der Waals surface area contributed by atoms with Gasteiger partial charge in [0.1, 0.15) is 0 Å². The Morgan fingerprint density at radius 2 is 1.86 bits per heavy atom. The summed E-state index contributed by atoms with van der Waals surface area (Å²) in [7, 11) is -8.40. The molecule has 0 spiro atoms. The first kappa shape index (κ1) is 21.2. The van der Waals surface area contributed by atoms with Crippen molar-refractivity contribution in [3.8, 4) is 0 Å². The molecule has 156 valence electrons. The van der Waals surface area contributed by atoms with E-state index in [0.717, 1.165) is 12.1 Å². The first-order valence-electron chi connectivity index (χ1n) is 8.57. The average molecular weight is 444 g/mol. The van der Waals surface area contributed by atoms with E-state index in [-0.39, 0.29) is 11.4 Å². The number of carbonyl (C=O) groups is 1. The highest BCUT2D eigenvalue weighted by molar-refractivity contribution is 7.93. The Morgan fingerprint density at radius 1 is 1.17 bits per heavy atom. The van der Waals surface area contributed by atoms with Crippen LogP contribution in [0.25, 0.3) is 0 Å². The Kier molecular flexibility index (Phi) is 5.63. The van der Waals surface area contributed by atoms with Crippen LogP contribution in [0.5, 0.6) is 0 Å². The summed E-state index contributed by atoms with van der Waals surface area (Å²) < 4.78 is 75.1. The minimum absolute atomic E-state index is 0.0292. The highest BCUT2D eigenvalue weighted by atomic mass is 32.2. The summed E-state index contributed by atoms with van der Waals surface area (Å²) in [4.78, 5) is 11.9. The molecule has 1 saturated heterocycles. The van der Waals surface area contributed by atoms with E-state index in [2.05, 4.69) is 5.32 Å². The first-order valence-corrected chi connectivity index (χ1v) is 11.7. The molecule has 1 amide bonds. The maximum atomic E-state index is 12.9. The molecule has 0 aliphatic carbocycles. The van der Waals surface area contributed by atoms with Crippen molar-refractivity contribution in [2.45, 2.75) is 24.0 Å². The van der Waals surface area contributed by atoms with Crippen LogP contribution in [0.4, 0.5) is 20.2 Å². The lowest BCUT2D eigenvalue weighted by atomic mass is 10.1. The summed E-state index contributed by atoms with van der Waals surface area (Å²) in [5.74, 6) is -4.53. The second-order valence-electron chi connectivity index (χ2n) is 6.50. The van der Waals surface area contributed by atoms with Gasteiger partial charge in [-0.1, -0.05) is 18.2 Å². The minimum atomic E-state index is -4.97. The number of sulfone groups is 1. The van der Waals surface area contributed by atoms with Gasteiger partial charge in [0.05, 0.1) is 21.9 Å². The quantitative estimate of drug-likeness (QED) is 0.764. The van der Waals surface area contributed by atoms with Crippen molar-refractivity contribution >= 4 is 37.1 Å². The number of halogens is 2. The molecular formula is C18H18F2N2O5S2. The van der Waals surface area contributed by atoms with Gasteiger partial charge in [-0.2, -0.15) is 8.78 Å². The molecule has 0 atom stereocenters. The lowest BCUT2D eigenvalue weighted by Gasteiger charge is -2.19. The van der Waals surface area contributed by atoms with E-state index in [4.69, 9.17) is 0 Å². The lowest BCUT2D eigenvalue weighted by molar-refractivity contribution is 0.102. The van der Waals surface area contributed by atoms with Gasteiger partial charge in [0.15, 0.2) is 0 Å². The van der Waals surface area contributed by atoms with Crippen LogP contribution in [0.2, 0.25) is 0 Å². The number of amides is 1. The molecule has 1 heterocycles. The Hall–Kier alpha value is -2.53. The van der Waals surface area contributed by atoms with Crippen molar-refractivity contribution in [3.63, 3.8) is 0 Å². The molecule has 29 heavy (non-hydrogen) atoms. The predicted octanol–water partition coefficient (Wildman–Crippen LogP) is 2.78. The molecule has 1 N–H and O–H groups in total. The number of nitrogens with zero attached hydrogens (tertiary/aromatic N) is 1. The zero-order valence-electron chi connectivity index (χ0n) is 15.3. The fourth-order valence-electron chi connectivity index (χ4n) is 3.02. The SMILES string of the molecule is Cc1ccc(N2CCCS2(=O)=O)cc1NC(=O)c1ccccc1S(=O)(=O)C(F)F. The summed E-state index contributed by atoms with van der Waals surface area (Å²) >= 11 is 0. The third-order valence-electron chi connectivity index (χ3n) is 4.53. The third kappa shape index (κ3) is 4.10. The first-order chi connectivity index (χ1) is 13.5. The van der Waals surface area contributed by atoms with E-state index < -0.39 is 42.0 Å². The normalized spacial score (nSPS) is 16.2. The number of hydrogen-bond acceptors (Lipinski definition) is 5. The van der Waals surface area contributed by atoms with Gasteiger partial charge in [-0.3, -0.25) is 9.10 Å². The van der Waals surface area contributed by atoms with E-state index >= 15 is 0 Å². The van der Waals surface area contributed by atoms with E-state index in [1.165, 1.54) is 22.5 Å². The smallest absolute Gasteiger partial charge is 0.322 e. The van der Waals surface area contributed by atoms with Crippen LogP contribution in [0.1, 0.15) is 22.3 Å². The lowest BCUT2D eigenvalue weighted by Crippen LogP contribution is -2.25. The Labute approximate surface area is 167 Å². The molecule has 0 saturated carbocycles. The van der Waals surface area contributed by atoms with Crippen molar-refractivity contribution in [3.05, 3.63) is 53.6 Å². The molecule has 2 aromatic rings. The number of alkyl halides is 2. The van der Waals surface area contributed by atoms with Crippen molar-refractivity contribution in [2.24, 2.45) is 0 Å². The summed E-state index contributed by atoms with van der Waals surface area (Å²) in [6.45, 7) is 1.98. The molecule has 3 rings (SSSR count). The Bertz CT molecular complexity index is 1160. The summed E-state index contributed by atoms with van der Waals surface area (Å²) in [6.07, 6.45) is 0.483. The van der Waals surface area contributed by atoms with E-state index in [1.54, 1.807) is 19.1 Å². The van der Waals surface area contributed by atoms with Crippen molar-refractivity contribution in [1.82, 2.24) is 0 Å². The maximum absolute atomic E-state index is 12.9. The van der Waals surface area contributed by atoms with Gasteiger partial charge in [-0.15, -0.1) is 0 Å². The molecule has 0 unspecified atom stereocenters. The number of sulfonamides is 1. The fourth-order valence-corrected chi connectivity index (χ4v) is 5.50. The Morgan fingerprint density at radius 3 is 2.48 bits per heavy atom. The van der Waals surface area contributed by atoms with Crippen LogP contribution >= 0.6 is 0 Å².